The van der Waals surface area contributed by atoms with Gasteiger partial charge in [0.05, 0.1) is 24.9 Å². The zero-order valence-electron chi connectivity index (χ0n) is 18.4. The van der Waals surface area contributed by atoms with Crippen LogP contribution in [0.2, 0.25) is 0 Å². The van der Waals surface area contributed by atoms with Crippen molar-refractivity contribution in [2.75, 3.05) is 57.4 Å². The van der Waals surface area contributed by atoms with Gasteiger partial charge in [-0.05, 0) is 42.3 Å². The van der Waals surface area contributed by atoms with Gasteiger partial charge in [0, 0.05) is 38.4 Å². The minimum atomic E-state index is -4.34. The Bertz CT molecular complexity index is 822. The minimum Gasteiger partial charge on any atom is -0.491 e. The van der Waals surface area contributed by atoms with E-state index in [1.54, 1.807) is 6.07 Å². The lowest BCUT2D eigenvalue weighted by molar-refractivity contribution is -0.137. The maximum absolute atomic E-state index is 12.9. The third-order valence-electron chi connectivity index (χ3n) is 5.52. The number of rotatable bonds is 10. The summed E-state index contributed by atoms with van der Waals surface area (Å²) in [5, 5.41) is 10.2. The molecule has 0 unspecified atom stereocenters. The average Bonchev–Trinajstić information content (AvgIpc) is 2.79. The van der Waals surface area contributed by atoms with Crippen molar-refractivity contribution in [2.24, 2.45) is 0 Å². The van der Waals surface area contributed by atoms with Crippen LogP contribution in [0.1, 0.15) is 18.1 Å². The highest BCUT2D eigenvalue weighted by Crippen LogP contribution is 2.31. The van der Waals surface area contributed by atoms with Crippen LogP contribution >= 0.6 is 0 Å². The highest BCUT2D eigenvalue weighted by Gasteiger charge is 2.31. The molecule has 1 N–H and O–H groups in total. The van der Waals surface area contributed by atoms with Gasteiger partial charge >= 0.3 is 6.18 Å². The molecule has 1 aliphatic rings. The molecule has 176 valence electrons. The van der Waals surface area contributed by atoms with Crippen molar-refractivity contribution in [3.8, 4) is 5.75 Å². The quantitative estimate of drug-likeness (QED) is 0.555. The monoisotopic (exact) mass is 452 g/mol. The van der Waals surface area contributed by atoms with Crippen molar-refractivity contribution < 1.29 is 27.8 Å². The van der Waals surface area contributed by atoms with Crippen molar-refractivity contribution in [1.29, 1.82) is 0 Å². The third kappa shape index (κ3) is 7.39. The first-order valence-electron chi connectivity index (χ1n) is 11.0. The number of aryl methyl sites for hydroxylation is 1. The van der Waals surface area contributed by atoms with Crippen LogP contribution in [0.3, 0.4) is 0 Å². The van der Waals surface area contributed by atoms with Crippen LogP contribution < -0.4 is 9.64 Å². The molecule has 1 saturated heterocycles. The lowest BCUT2D eigenvalue weighted by Crippen LogP contribution is -2.49. The van der Waals surface area contributed by atoms with E-state index in [9.17, 15) is 18.3 Å². The fourth-order valence-corrected chi connectivity index (χ4v) is 3.68. The van der Waals surface area contributed by atoms with Crippen LogP contribution in [0.25, 0.3) is 0 Å². The third-order valence-corrected chi connectivity index (χ3v) is 5.52. The molecule has 1 aliphatic heterocycles. The van der Waals surface area contributed by atoms with Crippen LogP contribution in [-0.2, 0) is 17.3 Å². The van der Waals surface area contributed by atoms with Crippen molar-refractivity contribution in [3.05, 3.63) is 59.7 Å². The predicted octanol–water partition coefficient (Wildman–Crippen LogP) is 3.85. The SMILES string of the molecule is CCc1ccc(OCCOC[C@H](O)CN2CCN(c3cccc(C(F)(F)F)c3)CC2)cc1. The number of nitrogens with zero attached hydrogens (tertiary/aromatic N) is 2. The first kappa shape index (κ1) is 24.4. The first-order valence-corrected chi connectivity index (χ1v) is 11.0. The van der Waals surface area contributed by atoms with Gasteiger partial charge in [0.25, 0.3) is 0 Å². The fraction of sp³-hybridized carbons (Fsp3) is 0.500. The number of β-amino-alcohol motifs (C(OH)–C–C–N with tert-alkyl or cyclic N) is 1. The van der Waals surface area contributed by atoms with Gasteiger partial charge in [-0.3, -0.25) is 4.90 Å². The van der Waals surface area contributed by atoms with E-state index in [1.165, 1.54) is 17.7 Å². The molecule has 0 bridgehead atoms. The van der Waals surface area contributed by atoms with Gasteiger partial charge < -0.3 is 19.5 Å². The second-order valence-corrected chi connectivity index (χ2v) is 7.91. The molecule has 32 heavy (non-hydrogen) atoms. The molecule has 2 aromatic rings. The van der Waals surface area contributed by atoms with Gasteiger partial charge in [0.2, 0.25) is 0 Å². The number of aliphatic hydroxyl groups excluding tert-OH is 1. The molecule has 0 radical (unpaired) electrons. The maximum Gasteiger partial charge on any atom is 0.416 e. The second kappa shape index (κ2) is 11.5. The molecular formula is C24H31F3N2O3. The molecule has 1 heterocycles. The first-order chi connectivity index (χ1) is 15.3. The number of ether oxygens (including phenoxy) is 2. The van der Waals surface area contributed by atoms with Gasteiger partial charge in [-0.15, -0.1) is 0 Å². The molecule has 0 aliphatic carbocycles. The van der Waals surface area contributed by atoms with Crippen molar-refractivity contribution in [1.82, 2.24) is 4.90 Å². The zero-order valence-corrected chi connectivity index (χ0v) is 18.4. The van der Waals surface area contributed by atoms with Crippen LogP contribution in [0, 0.1) is 0 Å². The number of halogens is 3. The molecule has 5 nitrogen and oxygen atoms in total. The van der Waals surface area contributed by atoms with Gasteiger partial charge in [-0.2, -0.15) is 13.2 Å². The van der Waals surface area contributed by atoms with Crippen molar-refractivity contribution in [2.45, 2.75) is 25.6 Å². The van der Waals surface area contributed by atoms with E-state index in [0.29, 0.717) is 51.6 Å². The van der Waals surface area contributed by atoms with E-state index in [2.05, 4.69) is 11.8 Å². The van der Waals surface area contributed by atoms with Crippen molar-refractivity contribution in [3.63, 3.8) is 0 Å². The molecule has 1 fully saturated rings. The van der Waals surface area contributed by atoms with Crippen LogP contribution in [0.4, 0.5) is 18.9 Å². The summed E-state index contributed by atoms with van der Waals surface area (Å²) in [5.74, 6) is 0.796. The molecule has 0 saturated carbocycles. The highest BCUT2D eigenvalue weighted by atomic mass is 19.4. The summed E-state index contributed by atoms with van der Waals surface area (Å²) < 4.78 is 49.9. The highest BCUT2D eigenvalue weighted by molar-refractivity contribution is 5.49. The Kier molecular flexibility index (Phi) is 8.78. The Labute approximate surface area is 187 Å². The number of aliphatic hydroxyl groups is 1. The van der Waals surface area contributed by atoms with Crippen LogP contribution in [0.5, 0.6) is 5.75 Å². The topological polar surface area (TPSA) is 45.2 Å². The summed E-state index contributed by atoms with van der Waals surface area (Å²) in [6.45, 7) is 6.14. The second-order valence-electron chi connectivity index (χ2n) is 7.91. The molecule has 8 heteroatoms. The summed E-state index contributed by atoms with van der Waals surface area (Å²) in [6, 6.07) is 13.4. The van der Waals surface area contributed by atoms with Crippen LogP contribution in [-0.4, -0.2) is 68.7 Å². The molecule has 2 aromatic carbocycles. The number of alkyl halides is 3. The maximum atomic E-state index is 12.9. The lowest BCUT2D eigenvalue weighted by atomic mass is 10.1. The summed E-state index contributed by atoms with van der Waals surface area (Å²) in [4.78, 5) is 4.04. The summed E-state index contributed by atoms with van der Waals surface area (Å²) in [6.07, 6.45) is -3.98. The van der Waals surface area contributed by atoms with E-state index >= 15 is 0 Å². The van der Waals surface area contributed by atoms with E-state index in [0.717, 1.165) is 18.2 Å². The molecule has 0 amide bonds. The minimum absolute atomic E-state index is 0.214. The molecule has 0 spiro atoms. The summed E-state index contributed by atoms with van der Waals surface area (Å²) in [5.41, 5.74) is 1.20. The summed E-state index contributed by atoms with van der Waals surface area (Å²) in [7, 11) is 0. The van der Waals surface area contributed by atoms with E-state index in [4.69, 9.17) is 9.47 Å². The molecule has 1 atom stereocenters. The Morgan fingerprint density at radius 1 is 1.00 bits per heavy atom. The van der Waals surface area contributed by atoms with Gasteiger partial charge in [-0.1, -0.05) is 25.1 Å². The largest absolute Gasteiger partial charge is 0.491 e. The number of benzene rings is 2. The predicted molar refractivity (Wildman–Crippen MR) is 118 cm³/mol. The molecular weight excluding hydrogens is 421 g/mol. The van der Waals surface area contributed by atoms with E-state index < -0.39 is 17.8 Å². The lowest BCUT2D eigenvalue weighted by Gasteiger charge is -2.37. The van der Waals surface area contributed by atoms with Gasteiger partial charge in [-0.25, -0.2) is 0 Å². The standard InChI is InChI=1S/C24H31F3N2O3/c1-2-19-6-8-23(9-7-19)32-15-14-31-18-22(30)17-28-10-12-29(13-11-28)21-5-3-4-20(16-21)24(25,26)27/h3-9,16,22,30H,2,10-15,17-18H2,1H3/t22-/m1/s1. The Hall–Kier alpha value is -2.29. The smallest absolute Gasteiger partial charge is 0.416 e. The molecule has 0 aromatic heterocycles. The van der Waals surface area contributed by atoms with Gasteiger partial charge in [0.1, 0.15) is 12.4 Å². The van der Waals surface area contributed by atoms with Crippen LogP contribution in [0.15, 0.2) is 48.5 Å². The number of anilines is 1. The normalized spacial score (nSPS) is 16.2. The number of piperazine rings is 1. The van der Waals surface area contributed by atoms with E-state index in [1.807, 2.05) is 29.2 Å². The Morgan fingerprint density at radius 3 is 2.38 bits per heavy atom. The number of hydrogen-bond acceptors (Lipinski definition) is 5. The van der Waals surface area contributed by atoms with E-state index in [-0.39, 0.29) is 6.61 Å². The Morgan fingerprint density at radius 2 is 1.72 bits per heavy atom. The van der Waals surface area contributed by atoms with Gasteiger partial charge in [0.15, 0.2) is 0 Å². The molecule has 3 rings (SSSR count). The Balaban J connectivity index is 1.32. The van der Waals surface area contributed by atoms with Crippen molar-refractivity contribution >= 4 is 5.69 Å². The summed E-state index contributed by atoms with van der Waals surface area (Å²) >= 11 is 0. The zero-order chi connectivity index (χ0) is 23.0. The average molecular weight is 453 g/mol. The fourth-order valence-electron chi connectivity index (χ4n) is 3.68. The number of hydrogen-bond donors (Lipinski definition) is 1.